The molecule has 1 aromatic rings. The number of rotatable bonds is 2. The van der Waals surface area contributed by atoms with Crippen molar-refractivity contribution < 1.29 is 13.6 Å². The van der Waals surface area contributed by atoms with E-state index in [2.05, 4.69) is 10.6 Å². The van der Waals surface area contributed by atoms with Gasteiger partial charge in [0.15, 0.2) is 0 Å². The van der Waals surface area contributed by atoms with Crippen LogP contribution in [0.4, 0.5) is 8.78 Å². The summed E-state index contributed by atoms with van der Waals surface area (Å²) < 4.78 is 26.0. The van der Waals surface area contributed by atoms with Gasteiger partial charge in [-0.2, -0.15) is 0 Å². The van der Waals surface area contributed by atoms with E-state index in [-0.39, 0.29) is 11.6 Å². The number of hydrogen-bond acceptors (Lipinski definition) is 2. The minimum absolute atomic E-state index is 0.0261. The third-order valence-electron chi connectivity index (χ3n) is 3.23. The van der Waals surface area contributed by atoms with Crippen molar-refractivity contribution in [2.24, 2.45) is 5.92 Å². The Hall–Kier alpha value is -1.49. The number of nitrogens with one attached hydrogen (secondary N) is 2. The first-order valence-electron chi connectivity index (χ1n) is 6.04. The van der Waals surface area contributed by atoms with Crippen molar-refractivity contribution in [1.29, 1.82) is 0 Å². The van der Waals surface area contributed by atoms with Gasteiger partial charge in [0.1, 0.15) is 11.6 Å². The number of hydrogen-bond donors (Lipinski definition) is 2. The molecule has 0 bridgehead atoms. The van der Waals surface area contributed by atoms with Crippen LogP contribution in [-0.4, -0.2) is 25.0 Å². The summed E-state index contributed by atoms with van der Waals surface area (Å²) in [6.45, 7) is 3.71. The molecule has 3 nitrogen and oxygen atoms in total. The Labute approximate surface area is 105 Å². The van der Waals surface area contributed by atoms with Crippen molar-refractivity contribution >= 4 is 5.91 Å². The average molecular weight is 254 g/mol. The van der Waals surface area contributed by atoms with Crippen molar-refractivity contribution in [3.8, 4) is 0 Å². The van der Waals surface area contributed by atoms with Crippen LogP contribution in [0, 0.1) is 17.6 Å². The minimum atomic E-state index is -0.737. The highest BCUT2D eigenvalue weighted by Gasteiger charge is 2.23. The summed E-state index contributed by atoms with van der Waals surface area (Å²) in [5.74, 6) is -1.59. The monoisotopic (exact) mass is 254 g/mol. The zero-order valence-corrected chi connectivity index (χ0v) is 10.2. The van der Waals surface area contributed by atoms with E-state index in [1.54, 1.807) is 0 Å². The van der Waals surface area contributed by atoms with Gasteiger partial charge >= 0.3 is 0 Å². The van der Waals surface area contributed by atoms with Crippen LogP contribution in [0.25, 0.3) is 0 Å². The SMILES string of the molecule is CC1CNCCC1NC(=O)c1cc(F)cc(F)c1. The maximum Gasteiger partial charge on any atom is 0.251 e. The van der Waals surface area contributed by atoms with E-state index in [4.69, 9.17) is 0 Å². The van der Waals surface area contributed by atoms with E-state index in [0.29, 0.717) is 5.92 Å². The third-order valence-corrected chi connectivity index (χ3v) is 3.23. The van der Waals surface area contributed by atoms with Gasteiger partial charge < -0.3 is 10.6 Å². The standard InChI is InChI=1S/C13H16F2N2O/c1-8-7-16-3-2-12(8)17-13(18)9-4-10(14)6-11(15)5-9/h4-6,8,12,16H,2-3,7H2,1H3,(H,17,18). The van der Waals surface area contributed by atoms with Gasteiger partial charge in [0.25, 0.3) is 5.91 Å². The average Bonchev–Trinajstić information content (AvgIpc) is 2.31. The number of carbonyl (C=O) groups excluding carboxylic acids is 1. The zero-order valence-electron chi connectivity index (χ0n) is 10.2. The maximum atomic E-state index is 13.0. The first-order chi connectivity index (χ1) is 8.56. The molecule has 1 amide bonds. The fourth-order valence-corrected chi connectivity index (χ4v) is 2.17. The van der Waals surface area contributed by atoms with Crippen LogP contribution >= 0.6 is 0 Å². The molecule has 1 fully saturated rings. The van der Waals surface area contributed by atoms with E-state index in [1.165, 1.54) is 0 Å². The molecule has 2 unspecified atom stereocenters. The predicted molar refractivity (Wildman–Crippen MR) is 64.3 cm³/mol. The Kier molecular flexibility index (Phi) is 3.91. The van der Waals surface area contributed by atoms with E-state index < -0.39 is 17.5 Å². The smallest absolute Gasteiger partial charge is 0.251 e. The topological polar surface area (TPSA) is 41.1 Å². The number of carbonyl (C=O) groups is 1. The van der Waals surface area contributed by atoms with Crippen molar-refractivity contribution in [1.82, 2.24) is 10.6 Å². The predicted octanol–water partition coefficient (Wildman–Crippen LogP) is 1.69. The lowest BCUT2D eigenvalue weighted by Gasteiger charge is -2.30. The highest BCUT2D eigenvalue weighted by atomic mass is 19.1. The molecular weight excluding hydrogens is 238 g/mol. The number of amides is 1. The molecule has 1 heterocycles. The molecule has 0 spiro atoms. The largest absolute Gasteiger partial charge is 0.349 e. The quantitative estimate of drug-likeness (QED) is 0.843. The first-order valence-corrected chi connectivity index (χ1v) is 6.04. The van der Waals surface area contributed by atoms with E-state index in [0.717, 1.165) is 37.7 Å². The lowest BCUT2D eigenvalue weighted by atomic mass is 9.95. The fourth-order valence-electron chi connectivity index (χ4n) is 2.17. The molecule has 0 radical (unpaired) electrons. The number of benzene rings is 1. The number of piperidine rings is 1. The van der Waals surface area contributed by atoms with Crippen LogP contribution < -0.4 is 10.6 Å². The molecule has 98 valence electrons. The Bertz CT molecular complexity index is 430. The second-order valence-electron chi connectivity index (χ2n) is 4.71. The van der Waals surface area contributed by atoms with Gasteiger partial charge in [-0.3, -0.25) is 4.79 Å². The number of halogens is 2. The van der Waals surface area contributed by atoms with Gasteiger partial charge in [-0.25, -0.2) is 8.78 Å². The first kappa shape index (κ1) is 13.0. The van der Waals surface area contributed by atoms with Crippen molar-refractivity contribution in [2.45, 2.75) is 19.4 Å². The summed E-state index contributed by atoms with van der Waals surface area (Å²) in [6.07, 6.45) is 0.824. The molecule has 2 N–H and O–H groups in total. The molecule has 0 aliphatic carbocycles. The maximum absolute atomic E-state index is 13.0. The summed E-state index contributed by atoms with van der Waals surface area (Å²) >= 11 is 0. The molecule has 5 heteroatoms. The van der Waals surface area contributed by atoms with Crippen molar-refractivity contribution in [3.63, 3.8) is 0 Å². The van der Waals surface area contributed by atoms with Gasteiger partial charge in [0.05, 0.1) is 0 Å². The van der Waals surface area contributed by atoms with Crippen LogP contribution in [0.1, 0.15) is 23.7 Å². The molecule has 1 saturated heterocycles. The van der Waals surface area contributed by atoms with E-state index >= 15 is 0 Å². The molecule has 0 aromatic heterocycles. The Balaban J connectivity index is 2.06. The second kappa shape index (κ2) is 5.44. The van der Waals surface area contributed by atoms with Gasteiger partial charge in [-0.1, -0.05) is 6.92 Å². The molecule has 1 aliphatic rings. The minimum Gasteiger partial charge on any atom is -0.349 e. The van der Waals surface area contributed by atoms with Gasteiger partial charge in [-0.05, 0) is 37.6 Å². The Morgan fingerprint density at radius 3 is 2.61 bits per heavy atom. The third kappa shape index (κ3) is 3.04. The van der Waals surface area contributed by atoms with E-state index in [9.17, 15) is 13.6 Å². The summed E-state index contributed by atoms with van der Waals surface area (Å²) in [7, 11) is 0. The fraction of sp³-hybridized carbons (Fsp3) is 0.462. The summed E-state index contributed by atoms with van der Waals surface area (Å²) in [5.41, 5.74) is 0.0261. The van der Waals surface area contributed by atoms with Gasteiger partial charge in [0, 0.05) is 17.7 Å². The van der Waals surface area contributed by atoms with Crippen LogP contribution in [0.2, 0.25) is 0 Å². The summed E-state index contributed by atoms with van der Waals surface area (Å²) in [6, 6.07) is 2.89. The summed E-state index contributed by atoms with van der Waals surface area (Å²) in [4.78, 5) is 11.9. The van der Waals surface area contributed by atoms with Gasteiger partial charge in [0.2, 0.25) is 0 Å². The molecule has 0 saturated carbocycles. The Morgan fingerprint density at radius 1 is 1.33 bits per heavy atom. The molecular formula is C13H16F2N2O. The zero-order chi connectivity index (χ0) is 13.1. The van der Waals surface area contributed by atoms with Crippen molar-refractivity contribution in [3.05, 3.63) is 35.4 Å². The van der Waals surface area contributed by atoms with Crippen LogP contribution in [0.15, 0.2) is 18.2 Å². The molecule has 2 atom stereocenters. The molecule has 2 rings (SSSR count). The second-order valence-corrected chi connectivity index (χ2v) is 4.71. The molecule has 18 heavy (non-hydrogen) atoms. The van der Waals surface area contributed by atoms with Crippen LogP contribution in [0.5, 0.6) is 0 Å². The van der Waals surface area contributed by atoms with Crippen LogP contribution in [0.3, 0.4) is 0 Å². The lowest BCUT2D eigenvalue weighted by molar-refractivity contribution is 0.0913. The highest BCUT2D eigenvalue weighted by Crippen LogP contribution is 2.13. The van der Waals surface area contributed by atoms with E-state index in [1.807, 2.05) is 6.92 Å². The van der Waals surface area contributed by atoms with Crippen LogP contribution in [-0.2, 0) is 0 Å². The normalized spacial score (nSPS) is 23.7. The molecule has 1 aliphatic heterocycles. The summed E-state index contributed by atoms with van der Waals surface area (Å²) in [5, 5.41) is 6.05. The van der Waals surface area contributed by atoms with Crippen molar-refractivity contribution in [2.75, 3.05) is 13.1 Å². The van der Waals surface area contributed by atoms with Gasteiger partial charge in [-0.15, -0.1) is 0 Å². The lowest BCUT2D eigenvalue weighted by Crippen LogP contribution is -2.48. The highest BCUT2D eigenvalue weighted by molar-refractivity contribution is 5.94. The Morgan fingerprint density at radius 2 is 2.00 bits per heavy atom. The molecule has 1 aromatic carbocycles.